The second-order valence-corrected chi connectivity index (χ2v) is 6.41. The Morgan fingerprint density at radius 2 is 1.92 bits per heavy atom. The first-order chi connectivity index (χ1) is 12.7. The van der Waals surface area contributed by atoms with Gasteiger partial charge in [-0.15, -0.1) is 21.5 Å². The normalized spacial score (nSPS) is 11.6. The van der Waals surface area contributed by atoms with E-state index in [1.54, 1.807) is 6.07 Å². The Labute approximate surface area is 151 Å². The van der Waals surface area contributed by atoms with Crippen LogP contribution in [0.2, 0.25) is 0 Å². The van der Waals surface area contributed by atoms with Crippen molar-refractivity contribution in [3.05, 3.63) is 72.3 Å². The van der Waals surface area contributed by atoms with E-state index < -0.39 is 5.78 Å². The summed E-state index contributed by atoms with van der Waals surface area (Å²) in [6.45, 7) is 0. The molecule has 8 heteroatoms. The maximum Gasteiger partial charge on any atom is 0.239 e. The molecule has 2 N–H and O–H groups in total. The molecule has 0 radical (unpaired) electrons. The minimum Gasteiger partial charge on any atom is -0.504 e. The third-order valence-electron chi connectivity index (χ3n) is 3.66. The molecule has 0 aliphatic rings. The lowest BCUT2D eigenvalue weighted by Crippen LogP contribution is -1.97. The van der Waals surface area contributed by atoms with Gasteiger partial charge < -0.3 is 9.52 Å². The number of nitrogens with one attached hydrogen (secondary N) is 1. The minimum absolute atomic E-state index is 0.0501. The van der Waals surface area contributed by atoms with Gasteiger partial charge in [0.15, 0.2) is 17.3 Å². The van der Waals surface area contributed by atoms with E-state index in [4.69, 9.17) is 4.42 Å². The fraction of sp³-hybridized carbons (Fsp3) is 0. The second kappa shape index (κ2) is 6.77. The zero-order valence-corrected chi connectivity index (χ0v) is 14.1. The van der Waals surface area contributed by atoms with Gasteiger partial charge in [0.05, 0.1) is 16.7 Å². The van der Waals surface area contributed by atoms with Crippen LogP contribution < -0.4 is 0 Å². The molecule has 4 rings (SSSR count). The molecule has 3 aromatic heterocycles. The first-order valence-electron chi connectivity index (χ1n) is 7.64. The van der Waals surface area contributed by atoms with Crippen LogP contribution in [0, 0.1) is 0 Å². The molecule has 1 aromatic carbocycles. The maximum absolute atomic E-state index is 12.5. The van der Waals surface area contributed by atoms with Crippen LogP contribution in [-0.4, -0.2) is 31.5 Å². The summed E-state index contributed by atoms with van der Waals surface area (Å²) in [5.41, 5.74) is 1.44. The number of H-pyrrole nitrogens is 1. The quantitative estimate of drug-likeness (QED) is 0.315. The van der Waals surface area contributed by atoms with E-state index in [9.17, 15) is 9.90 Å². The number of hydrogen-bond acceptors (Lipinski definition) is 7. The van der Waals surface area contributed by atoms with E-state index in [0.29, 0.717) is 11.3 Å². The molecular weight excluding hydrogens is 352 g/mol. The average Bonchev–Trinajstić information content (AvgIpc) is 3.43. The summed E-state index contributed by atoms with van der Waals surface area (Å²) in [5, 5.41) is 22.7. The van der Waals surface area contributed by atoms with Gasteiger partial charge in [0.2, 0.25) is 5.82 Å². The van der Waals surface area contributed by atoms with Crippen molar-refractivity contribution >= 4 is 22.9 Å². The second-order valence-electron chi connectivity index (χ2n) is 5.32. The van der Waals surface area contributed by atoms with Crippen LogP contribution in [-0.2, 0) is 0 Å². The average molecular weight is 364 g/mol. The molecule has 0 unspecified atom stereocenters. The molecule has 0 saturated carbocycles. The Morgan fingerprint density at radius 1 is 1.12 bits per heavy atom. The molecule has 0 spiro atoms. The number of furan rings is 1. The molecule has 7 nitrogen and oxygen atoms in total. The summed E-state index contributed by atoms with van der Waals surface area (Å²) < 4.78 is 5.52. The van der Waals surface area contributed by atoms with Gasteiger partial charge in [-0.05, 0) is 29.0 Å². The number of ketones is 1. The summed E-state index contributed by atoms with van der Waals surface area (Å²) in [6, 6.07) is 15.4. The number of tetrazole rings is 1. The van der Waals surface area contributed by atoms with Crippen molar-refractivity contribution in [2.24, 2.45) is 0 Å². The predicted octanol–water partition coefficient (Wildman–Crippen LogP) is 3.97. The maximum atomic E-state index is 12.5. The minimum atomic E-state index is -0.411. The van der Waals surface area contributed by atoms with E-state index >= 15 is 0 Å². The third-order valence-corrected chi connectivity index (χ3v) is 4.79. The lowest BCUT2D eigenvalue weighted by Gasteiger charge is -1.98. The van der Waals surface area contributed by atoms with Crippen LogP contribution >= 0.6 is 11.3 Å². The molecule has 0 aliphatic heterocycles. The molecule has 0 saturated heterocycles. The highest BCUT2D eigenvalue weighted by molar-refractivity contribution is 7.18. The number of allylic oxidation sites excluding steroid dienone is 1. The molecule has 0 aliphatic carbocycles. The lowest BCUT2D eigenvalue weighted by molar-refractivity contribution is 0.104. The van der Waals surface area contributed by atoms with E-state index in [2.05, 4.69) is 20.6 Å². The summed E-state index contributed by atoms with van der Waals surface area (Å²) in [5.74, 6) is -0.372. The molecule has 0 fully saturated rings. The van der Waals surface area contributed by atoms with Crippen molar-refractivity contribution in [1.29, 1.82) is 0 Å². The van der Waals surface area contributed by atoms with Crippen molar-refractivity contribution in [2.45, 2.75) is 0 Å². The number of aromatic nitrogens is 4. The fourth-order valence-corrected chi connectivity index (χ4v) is 3.46. The highest BCUT2D eigenvalue weighted by Crippen LogP contribution is 2.36. The molecular formula is C18H12N4O3S. The number of nitrogens with zero attached hydrogens (tertiary/aromatic N) is 3. The van der Waals surface area contributed by atoms with E-state index in [0.717, 1.165) is 21.4 Å². The molecule has 26 heavy (non-hydrogen) atoms. The highest BCUT2D eigenvalue weighted by Gasteiger charge is 2.18. The van der Waals surface area contributed by atoms with Crippen LogP contribution in [0.25, 0.3) is 26.8 Å². The monoisotopic (exact) mass is 364 g/mol. The van der Waals surface area contributed by atoms with Gasteiger partial charge in [0.1, 0.15) is 0 Å². The highest BCUT2D eigenvalue weighted by atomic mass is 32.1. The smallest absolute Gasteiger partial charge is 0.239 e. The Hall–Kier alpha value is -3.52. The Balaban J connectivity index is 1.64. The number of aromatic amines is 1. The number of carbonyl (C=O) groups excluding carboxylic acids is 1. The largest absolute Gasteiger partial charge is 0.504 e. The Bertz CT molecular complexity index is 1070. The Morgan fingerprint density at radius 3 is 2.69 bits per heavy atom. The van der Waals surface area contributed by atoms with E-state index in [1.165, 1.54) is 17.6 Å². The van der Waals surface area contributed by atoms with Gasteiger partial charge in [-0.25, -0.2) is 0 Å². The topological polar surface area (TPSA) is 105 Å². The van der Waals surface area contributed by atoms with Crippen LogP contribution in [0.15, 0.2) is 65.3 Å². The summed E-state index contributed by atoms with van der Waals surface area (Å²) in [6.07, 6.45) is 2.49. The molecule has 3 heterocycles. The molecule has 0 bridgehead atoms. The van der Waals surface area contributed by atoms with E-state index in [-0.39, 0.29) is 11.6 Å². The van der Waals surface area contributed by atoms with E-state index in [1.807, 2.05) is 42.5 Å². The number of aliphatic hydroxyl groups is 1. The zero-order chi connectivity index (χ0) is 17.9. The summed E-state index contributed by atoms with van der Waals surface area (Å²) >= 11 is 1.52. The number of thiophene rings is 1. The SMILES string of the molecule is O=C(C=C(O)c1nn[nH]n1)c1ccoc1-c1ccc(-c2ccccc2)s1. The molecule has 128 valence electrons. The van der Waals surface area contributed by atoms with Crippen LogP contribution in [0.1, 0.15) is 16.2 Å². The molecule has 4 aromatic rings. The van der Waals surface area contributed by atoms with Crippen LogP contribution in [0.5, 0.6) is 0 Å². The first-order valence-corrected chi connectivity index (χ1v) is 8.46. The standard InChI is InChI=1S/C18H12N4O3S/c23-13(10-14(24)18-19-21-22-20-18)12-8-9-25-17(12)16-7-6-15(26-16)11-4-2-1-3-5-11/h1-10,24H,(H,19,20,21,22). The first kappa shape index (κ1) is 16.0. The lowest BCUT2D eigenvalue weighted by atomic mass is 10.1. The third kappa shape index (κ3) is 3.05. The Kier molecular flexibility index (Phi) is 4.16. The van der Waals surface area contributed by atoms with Gasteiger partial charge in [-0.2, -0.15) is 5.21 Å². The van der Waals surface area contributed by atoms with Gasteiger partial charge in [-0.3, -0.25) is 4.79 Å². The van der Waals surface area contributed by atoms with Gasteiger partial charge in [0.25, 0.3) is 0 Å². The van der Waals surface area contributed by atoms with Crippen LogP contribution in [0.3, 0.4) is 0 Å². The fourth-order valence-electron chi connectivity index (χ4n) is 2.45. The van der Waals surface area contributed by atoms with Crippen molar-refractivity contribution in [3.8, 4) is 21.1 Å². The number of aliphatic hydroxyl groups excluding tert-OH is 1. The van der Waals surface area contributed by atoms with Crippen molar-refractivity contribution < 1.29 is 14.3 Å². The number of benzene rings is 1. The number of rotatable bonds is 5. The molecule has 0 atom stereocenters. The summed E-state index contributed by atoms with van der Waals surface area (Å²) in [4.78, 5) is 14.4. The predicted molar refractivity (Wildman–Crippen MR) is 96.6 cm³/mol. The van der Waals surface area contributed by atoms with Crippen molar-refractivity contribution in [1.82, 2.24) is 20.6 Å². The zero-order valence-electron chi connectivity index (χ0n) is 13.3. The van der Waals surface area contributed by atoms with Crippen LogP contribution in [0.4, 0.5) is 0 Å². The van der Waals surface area contributed by atoms with Gasteiger partial charge >= 0.3 is 0 Å². The van der Waals surface area contributed by atoms with Crippen molar-refractivity contribution in [2.75, 3.05) is 0 Å². The number of carbonyl (C=O) groups is 1. The molecule has 0 amide bonds. The summed E-state index contributed by atoms with van der Waals surface area (Å²) in [7, 11) is 0. The number of hydrogen-bond donors (Lipinski definition) is 2. The van der Waals surface area contributed by atoms with Crippen molar-refractivity contribution in [3.63, 3.8) is 0 Å². The van der Waals surface area contributed by atoms with Gasteiger partial charge in [-0.1, -0.05) is 30.3 Å². The van der Waals surface area contributed by atoms with Gasteiger partial charge in [0, 0.05) is 11.0 Å².